The largest absolute Gasteiger partial charge is 0.456 e. The number of benzene rings is 9. The summed E-state index contributed by atoms with van der Waals surface area (Å²) in [5.74, 6) is 0. The Morgan fingerprint density at radius 2 is 1.05 bits per heavy atom. The maximum atomic E-state index is 6.27. The van der Waals surface area contributed by atoms with E-state index < -0.39 is 0 Å². The van der Waals surface area contributed by atoms with Crippen LogP contribution < -0.4 is 4.90 Å². The van der Waals surface area contributed by atoms with Crippen LogP contribution in [0.4, 0.5) is 17.1 Å². The molecule has 0 amide bonds. The second-order valence-corrected chi connectivity index (χ2v) is 14.1. The molecule has 0 saturated carbocycles. The van der Waals surface area contributed by atoms with E-state index >= 15 is 0 Å². The van der Waals surface area contributed by atoms with Gasteiger partial charge in [0.05, 0.1) is 16.7 Å². The smallest absolute Gasteiger partial charge is 0.135 e. The third kappa shape index (κ3) is 5.13. The third-order valence-corrected chi connectivity index (χ3v) is 11.0. The van der Waals surface area contributed by atoms with E-state index in [-0.39, 0.29) is 0 Å². The average molecular weight is 703 g/mol. The van der Waals surface area contributed by atoms with Gasteiger partial charge in [-0.1, -0.05) is 133 Å². The van der Waals surface area contributed by atoms with Gasteiger partial charge in [0.25, 0.3) is 0 Å². The van der Waals surface area contributed by atoms with Gasteiger partial charge in [0.1, 0.15) is 11.2 Å². The number of aromatic nitrogens is 1. The summed E-state index contributed by atoms with van der Waals surface area (Å²) >= 11 is 0. The van der Waals surface area contributed by atoms with Crippen LogP contribution in [0.25, 0.3) is 82.5 Å². The molecule has 3 nitrogen and oxygen atoms in total. The molecule has 0 N–H and O–H groups in total. The normalized spacial score (nSPS) is 11.6. The number of anilines is 3. The second kappa shape index (κ2) is 12.6. The highest BCUT2D eigenvalue weighted by Gasteiger charge is 2.20. The zero-order valence-corrected chi connectivity index (χ0v) is 29.9. The molecule has 0 unspecified atom stereocenters. The molecule has 0 fully saturated rings. The molecular weight excluding hydrogens is 669 g/mol. The van der Waals surface area contributed by atoms with Crippen LogP contribution in [0.5, 0.6) is 0 Å². The summed E-state index contributed by atoms with van der Waals surface area (Å²) in [6.45, 7) is 0. The molecule has 11 rings (SSSR count). The number of fused-ring (bicyclic) bond motifs is 8. The van der Waals surface area contributed by atoms with Crippen molar-refractivity contribution in [2.45, 2.75) is 0 Å². The molecule has 0 atom stereocenters. The van der Waals surface area contributed by atoms with Crippen LogP contribution in [0, 0.1) is 0 Å². The summed E-state index contributed by atoms with van der Waals surface area (Å²) in [6.07, 6.45) is 0. The summed E-state index contributed by atoms with van der Waals surface area (Å²) in [5.41, 5.74) is 13.2. The molecule has 258 valence electrons. The minimum atomic E-state index is 0.881. The molecule has 0 radical (unpaired) electrons. The van der Waals surface area contributed by atoms with E-state index in [9.17, 15) is 0 Å². The van der Waals surface area contributed by atoms with E-state index in [0.29, 0.717) is 0 Å². The highest BCUT2D eigenvalue weighted by molar-refractivity contribution is 6.22. The minimum Gasteiger partial charge on any atom is -0.456 e. The Morgan fingerprint density at radius 1 is 0.382 bits per heavy atom. The van der Waals surface area contributed by atoms with Crippen LogP contribution in [0.2, 0.25) is 0 Å². The number of furan rings is 1. The van der Waals surface area contributed by atoms with Gasteiger partial charge in [-0.2, -0.15) is 0 Å². The predicted molar refractivity (Wildman–Crippen MR) is 231 cm³/mol. The molecule has 0 aliphatic carbocycles. The number of hydrogen-bond acceptors (Lipinski definition) is 2. The first-order chi connectivity index (χ1) is 27.3. The maximum absolute atomic E-state index is 6.27. The number of nitrogens with zero attached hydrogens (tertiary/aromatic N) is 2. The van der Waals surface area contributed by atoms with Gasteiger partial charge in [-0.15, -0.1) is 0 Å². The van der Waals surface area contributed by atoms with Crippen molar-refractivity contribution >= 4 is 71.6 Å². The number of para-hydroxylation sites is 4. The van der Waals surface area contributed by atoms with Crippen LogP contribution in [0.15, 0.2) is 211 Å². The predicted octanol–water partition coefficient (Wildman–Crippen LogP) is 14.6. The summed E-state index contributed by atoms with van der Waals surface area (Å²) in [6, 6.07) is 74.0. The molecule has 2 heterocycles. The van der Waals surface area contributed by atoms with Gasteiger partial charge in [0.2, 0.25) is 0 Å². The van der Waals surface area contributed by atoms with Crippen LogP contribution in [0.1, 0.15) is 0 Å². The van der Waals surface area contributed by atoms with Crippen molar-refractivity contribution in [3.8, 4) is 27.9 Å². The number of rotatable bonds is 6. The zero-order valence-electron chi connectivity index (χ0n) is 29.9. The molecule has 0 bridgehead atoms. The summed E-state index contributed by atoms with van der Waals surface area (Å²) in [4.78, 5) is 2.39. The lowest BCUT2D eigenvalue weighted by Gasteiger charge is -2.28. The Morgan fingerprint density at radius 3 is 1.95 bits per heavy atom. The van der Waals surface area contributed by atoms with Crippen LogP contribution in [0.3, 0.4) is 0 Å². The Bertz CT molecular complexity index is 3210. The molecular formula is C52H34N2O. The lowest BCUT2D eigenvalue weighted by Crippen LogP contribution is -2.11. The molecule has 2 aromatic heterocycles. The summed E-state index contributed by atoms with van der Waals surface area (Å²) in [7, 11) is 0. The maximum Gasteiger partial charge on any atom is 0.135 e. The van der Waals surface area contributed by atoms with Gasteiger partial charge in [0.15, 0.2) is 0 Å². The molecule has 55 heavy (non-hydrogen) atoms. The average Bonchev–Trinajstić information content (AvgIpc) is 3.80. The van der Waals surface area contributed by atoms with Crippen LogP contribution in [-0.2, 0) is 0 Å². The van der Waals surface area contributed by atoms with Crippen molar-refractivity contribution in [3.05, 3.63) is 206 Å². The fourth-order valence-corrected chi connectivity index (χ4v) is 8.46. The fraction of sp³-hybridized carbons (Fsp3) is 0. The Labute approximate surface area is 318 Å². The Hall–Kier alpha value is -7.36. The number of hydrogen-bond donors (Lipinski definition) is 0. The van der Waals surface area contributed by atoms with E-state index in [1.807, 2.05) is 12.1 Å². The SMILES string of the molecule is c1ccc(-c2ccccc2N(c2cccc(-c3ccc4ccc5c(c4c3)c3ccccc3n5-c3ccccc3)c2)c2ccc3oc4ccccc4c3c2)cc1. The van der Waals surface area contributed by atoms with Crippen molar-refractivity contribution in [2.75, 3.05) is 4.90 Å². The standard InChI is InChI=1S/C52H34N2O/c1-3-14-35(15-4-1)42-20-7-10-23-47(42)53(41-29-31-51-46(34-41)43-21-9-12-25-50(43)55-51)40-19-13-16-37(32-40)38-27-26-36-28-30-49-52(45(36)33-38)44-22-8-11-24-48(44)54(49)39-17-5-2-6-18-39/h1-34H. The quantitative estimate of drug-likeness (QED) is 0.172. The molecule has 0 saturated heterocycles. The van der Waals surface area contributed by atoms with Gasteiger partial charge in [-0.25, -0.2) is 0 Å². The summed E-state index contributed by atoms with van der Waals surface area (Å²) < 4.78 is 8.66. The molecule has 3 heteroatoms. The van der Waals surface area contributed by atoms with Gasteiger partial charge in [-0.3, -0.25) is 0 Å². The summed E-state index contributed by atoms with van der Waals surface area (Å²) in [5, 5.41) is 7.20. The van der Waals surface area contributed by atoms with Crippen LogP contribution in [-0.4, -0.2) is 4.57 Å². The lowest BCUT2D eigenvalue weighted by atomic mass is 9.97. The van der Waals surface area contributed by atoms with E-state index in [1.165, 1.54) is 43.7 Å². The molecule has 0 aliphatic rings. The Kier molecular flexibility index (Phi) is 7.17. The zero-order chi connectivity index (χ0) is 36.3. The van der Waals surface area contributed by atoms with Crippen molar-refractivity contribution in [1.29, 1.82) is 0 Å². The molecule has 0 spiro atoms. The minimum absolute atomic E-state index is 0.881. The van der Waals surface area contributed by atoms with Crippen molar-refractivity contribution in [1.82, 2.24) is 4.57 Å². The highest BCUT2D eigenvalue weighted by Crippen LogP contribution is 2.44. The topological polar surface area (TPSA) is 21.3 Å². The Balaban J connectivity index is 1.11. The molecule has 11 aromatic rings. The fourth-order valence-electron chi connectivity index (χ4n) is 8.46. The van der Waals surface area contributed by atoms with Gasteiger partial charge >= 0.3 is 0 Å². The van der Waals surface area contributed by atoms with Gasteiger partial charge in [-0.05, 0) is 100 Å². The third-order valence-electron chi connectivity index (χ3n) is 11.0. The van der Waals surface area contributed by atoms with Crippen LogP contribution >= 0.6 is 0 Å². The van der Waals surface area contributed by atoms with Crippen molar-refractivity contribution < 1.29 is 4.42 Å². The van der Waals surface area contributed by atoms with Crippen molar-refractivity contribution in [3.63, 3.8) is 0 Å². The molecule has 0 aliphatic heterocycles. The van der Waals surface area contributed by atoms with E-state index in [2.05, 4.69) is 204 Å². The first-order valence-electron chi connectivity index (χ1n) is 18.8. The van der Waals surface area contributed by atoms with Gasteiger partial charge in [0, 0.05) is 44.2 Å². The van der Waals surface area contributed by atoms with Crippen molar-refractivity contribution in [2.24, 2.45) is 0 Å². The van der Waals surface area contributed by atoms with E-state index in [0.717, 1.165) is 55.8 Å². The first kappa shape index (κ1) is 31.2. The first-order valence-corrected chi connectivity index (χ1v) is 18.8. The highest BCUT2D eigenvalue weighted by atomic mass is 16.3. The monoisotopic (exact) mass is 702 g/mol. The second-order valence-electron chi connectivity index (χ2n) is 14.1. The van der Waals surface area contributed by atoms with E-state index in [1.54, 1.807) is 0 Å². The molecule has 9 aromatic carbocycles. The van der Waals surface area contributed by atoms with Gasteiger partial charge < -0.3 is 13.9 Å². The lowest BCUT2D eigenvalue weighted by molar-refractivity contribution is 0.669. The van der Waals surface area contributed by atoms with E-state index in [4.69, 9.17) is 4.42 Å².